The molecule has 0 saturated carbocycles. The van der Waals surface area contributed by atoms with Crippen molar-refractivity contribution in [2.75, 3.05) is 0 Å². The molecule has 0 fully saturated rings. The minimum absolute atomic E-state index is 0.0945. The van der Waals surface area contributed by atoms with Gasteiger partial charge in [-0.05, 0) is 22.6 Å². The fraction of sp³-hybridized carbons (Fsp3) is 0.304. The molecule has 0 unspecified atom stereocenters. The Morgan fingerprint density at radius 2 is 1.77 bits per heavy atom. The Bertz CT molecular complexity index is 974. The molecule has 1 heterocycles. The van der Waals surface area contributed by atoms with E-state index in [1.54, 1.807) is 11.0 Å². The Morgan fingerprint density at radius 1 is 1.03 bits per heavy atom. The van der Waals surface area contributed by atoms with Gasteiger partial charge in [0.1, 0.15) is 25.3 Å². The van der Waals surface area contributed by atoms with E-state index < -0.39 is 12.1 Å². The molecule has 0 saturated heterocycles. The molecule has 0 spiro atoms. The Morgan fingerprint density at radius 3 is 2.48 bits per heavy atom. The summed E-state index contributed by atoms with van der Waals surface area (Å²) in [5.74, 6) is -0.351. The van der Waals surface area contributed by atoms with Crippen LogP contribution in [0.3, 0.4) is 0 Å². The third-order valence-corrected chi connectivity index (χ3v) is 4.70. The molecule has 3 aromatic rings. The van der Waals surface area contributed by atoms with Gasteiger partial charge in [0, 0.05) is 6.54 Å². The number of nitrogens with zero attached hydrogens (tertiary/aromatic N) is 3. The van der Waals surface area contributed by atoms with E-state index in [0.29, 0.717) is 13.1 Å². The number of nitrogens with one attached hydrogen (secondary N) is 2. The lowest BCUT2D eigenvalue weighted by Crippen LogP contribution is -2.49. The molecule has 31 heavy (non-hydrogen) atoms. The highest BCUT2D eigenvalue weighted by atomic mass is 16.5. The average molecular weight is 422 g/mol. The summed E-state index contributed by atoms with van der Waals surface area (Å²) in [5.41, 5.74) is 2.90. The summed E-state index contributed by atoms with van der Waals surface area (Å²) < 4.78 is 6.98. The second-order valence-corrected chi connectivity index (χ2v) is 7.56. The summed E-state index contributed by atoms with van der Waals surface area (Å²) in [4.78, 5) is 28.8. The predicted molar refractivity (Wildman–Crippen MR) is 116 cm³/mol. The van der Waals surface area contributed by atoms with Crippen molar-refractivity contribution in [2.24, 2.45) is 5.92 Å². The van der Waals surface area contributed by atoms with E-state index in [9.17, 15) is 9.59 Å². The topological polar surface area (TPSA) is 98.1 Å². The van der Waals surface area contributed by atoms with Gasteiger partial charge >= 0.3 is 6.09 Å². The molecule has 3 rings (SSSR count). The second kappa shape index (κ2) is 10.9. The zero-order chi connectivity index (χ0) is 22.1. The van der Waals surface area contributed by atoms with Crippen LogP contribution in [-0.4, -0.2) is 32.8 Å². The molecule has 2 amide bonds. The molecule has 0 aliphatic carbocycles. The number of carbonyl (C=O) groups excluding carboxylic acids is 2. The average Bonchev–Trinajstić information content (AvgIpc) is 3.28. The predicted octanol–water partition coefficient (Wildman–Crippen LogP) is 2.89. The largest absolute Gasteiger partial charge is 0.445 e. The van der Waals surface area contributed by atoms with Gasteiger partial charge in [0.15, 0.2) is 0 Å². The molecule has 0 radical (unpaired) electrons. The van der Waals surface area contributed by atoms with Crippen LogP contribution in [0.15, 0.2) is 67.3 Å². The molecule has 1 aromatic heterocycles. The van der Waals surface area contributed by atoms with Crippen molar-refractivity contribution in [2.45, 2.75) is 39.6 Å². The lowest BCUT2D eigenvalue weighted by Gasteiger charge is -2.21. The van der Waals surface area contributed by atoms with Gasteiger partial charge in [-0.25, -0.2) is 14.5 Å². The maximum Gasteiger partial charge on any atom is 0.408 e. The normalized spacial score (nSPS) is 11.7. The molecule has 0 aliphatic heterocycles. The molecule has 0 aliphatic rings. The minimum Gasteiger partial charge on any atom is -0.445 e. The van der Waals surface area contributed by atoms with Crippen molar-refractivity contribution in [1.82, 2.24) is 25.4 Å². The molecule has 2 N–H and O–H groups in total. The summed E-state index contributed by atoms with van der Waals surface area (Å²) in [7, 11) is 0. The molecular weight excluding hydrogens is 394 g/mol. The van der Waals surface area contributed by atoms with E-state index in [2.05, 4.69) is 20.7 Å². The first-order chi connectivity index (χ1) is 15.0. The first kappa shape index (κ1) is 22.0. The van der Waals surface area contributed by atoms with E-state index >= 15 is 0 Å². The number of aromatic nitrogens is 3. The maximum atomic E-state index is 12.7. The smallest absolute Gasteiger partial charge is 0.408 e. The van der Waals surface area contributed by atoms with E-state index in [1.807, 2.05) is 68.4 Å². The number of rotatable bonds is 9. The fourth-order valence-corrected chi connectivity index (χ4v) is 3.07. The van der Waals surface area contributed by atoms with E-state index in [1.165, 1.54) is 6.33 Å². The minimum atomic E-state index is -0.693. The second-order valence-electron chi connectivity index (χ2n) is 7.56. The van der Waals surface area contributed by atoms with Crippen LogP contribution in [-0.2, 0) is 29.2 Å². The first-order valence-electron chi connectivity index (χ1n) is 10.2. The van der Waals surface area contributed by atoms with Crippen molar-refractivity contribution < 1.29 is 14.3 Å². The summed E-state index contributed by atoms with van der Waals surface area (Å²) in [5, 5.41) is 9.68. The van der Waals surface area contributed by atoms with Crippen LogP contribution >= 0.6 is 0 Å². The van der Waals surface area contributed by atoms with Crippen LogP contribution in [0.1, 0.15) is 30.5 Å². The third-order valence-electron chi connectivity index (χ3n) is 4.70. The molecule has 162 valence electrons. The van der Waals surface area contributed by atoms with Crippen molar-refractivity contribution in [3.05, 3.63) is 83.9 Å². The number of ether oxygens (including phenoxy) is 1. The fourth-order valence-electron chi connectivity index (χ4n) is 3.07. The maximum absolute atomic E-state index is 12.7. The number of hydrogen-bond donors (Lipinski definition) is 2. The number of carbonyl (C=O) groups is 2. The van der Waals surface area contributed by atoms with E-state index in [0.717, 1.165) is 16.7 Å². The third kappa shape index (κ3) is 6.95. The van der Waals surface area contributed by atoms with Crippen molar-refractivity contribution in [3.63, 3.8) is 0 Å². The van der Waals surface area contributed by atoms with Gasteiger partial charge < -0.3 is 15.4 Å². The zero-order valence-corrected chi connectivity index (χ0v) is 17.7. The van der Waals surface area contributed by atoms with Gasteiger partial charge in [-0.2, -0.15) is 5.10 Å². The Kier molecular flexibility index (Phi) is 7.75. The van der Waals surface area contributed by atoms with Crippen LogP contribution in [0, 0.1) is 5.92 Å². The molecule has 1 atom stereocenters. The lowest BCUT2D eigenvalue weighted by atomic mass is 10.0. The number of alkyl carbamates (subject to hydrolysis) is 1. The highest BCUT2D eigenvalue weighted by Gasteiger charge is 2.24. The standard InChI is InChI=1S/C23H27N5O3/c1-17(2)21(27-23(30)31-14-18-7-4-3-5-8-18)22(29)25-12-19-9-6-10-20(11-19)13-28-16-24-15-26-28/h3-11,15-17,21H,12-14H2,1-2H3,(H,25,29)(H,27,30)/t21-/m0/s1. The van der Waals surface area contributed by atoms with Crippen LogP contribution in [0.2, 0.25) is 0 Å². The first-order valence-corrected chi connectivity index (χ1v) is 10.2. The molecule has 2 aromatic carbocycles. The Balaban J connectivity index is 1.51. The summed E-state index contributed by atoms with van der Waals surface area (Å²) in [6.07, 6.45) is 2.53. The van der Waals surface area contributed by atoms with Crippen molar-refractivity contribution in [3.8, 4) is 0 Å². The van der Waals surface area contributed by atoms with Gasteiger partial charge in [0.05, 0.1) is 6.54 Å². The summed E-state index contributed by atoms with van der Waals surface area (Å²) >= 11 is 0. The van der Waals surface area contributed by atoms with Gasteiger partial charge in [0.25, 0.3) is 0 Å². The lowest BCUT2D eigenvalue weighted by molar-refractivity contribution is -0.124. The van der Waals surface area contributed by atoms with Gasteiger partial charge in [-0.1, -0.05) is 68.4 Å². The quantitative estimate of drug-likeness (QED) is 0.554. The zero-order valence-electron chi connectivity index (χ0n) is 17.7. The van der Waals surface area contributed by atoms with E-state index in [4.69, 9.17) is 4.74 Å². The molecular formula is C23H27N5O3. The Labute approximate surface area is 181 Å². The van der Waals surface area contributed by atoms with Crippen molar-refractivity contribution in [1.29, 1.82) is 0 Å². The van der Waals surface area contributed by atoms with Crippen LogP contribution in [0.5, 0.6) is 0 Å². The van der Waals surface area contributed by atoms with E-state index in [-0.39, 0.29) is 18.4 Å². The summed E-state index contributed by atoms with van der Waals surface area (Å²) in [6, 6.07) is 16.6. The Hall–Kier alpha value is -3.68. The number of hydrogen-bond acceptors (Lipinski definition) is 5. The molecule has 0 bridgehead atoms. The van der Waals surface area contributed by atoms with Crippen LogP contribution in [0.25, 0.3) is 0 Å². The number of benzene rings is 2. The molecule has 8 nitrogen and oxygen atoms in total. The number of amides is 2. The SMILES string of the molecule is CC(C)[C@H](NC(=O)OCc1ccccc1)C(=O)NCc1cccc(Cn2cncn2)c1. The van der Waals surface area contributed by atoms with Crippen LogP contribution < -0.4 is 10.6 Å². The summed E-state index contributed by atoms with van der Waals surface area (Å²) in [6.45, 7) is 4.86. The van der Waals surface area contributed by atoms with Gasteiger partial charge in [-0.3, -0.25) is 4.79 Å². The highest BCUT2D eigenvalue weighted by Crippen LogP contribution is 2.08. The van der Waals surface area contributed by atoms with Gasteiger partial charge in [-0.15, -0.1) is 0 Å². The van der Waals surface area contributed by atoms with Crippen LogP contribution in [0.4, 0.5) is 4.79 Å². The van der Waals surface area contributed by atoms with Gasteiger partial charge in [0.2, 0.25) is 5.91 Å². The molecule has 8 heteroatoms. The highest BCUT2D eigenvalue weighted by molar-refractivity contribution is 5.85. The monoisotopic (exact) mass is 421 g/mol. The van der Waals surface area contributed by atoms with Crippen molar-refractivity contribution >= 4 is 12.0 Å².